The van der Waals surface area contributed by atoms with Crippen molar-refractivity contribution in [2.45, 2.75) is 6.92 Å². The van der Waals surface area contributed by atoms with Gasteiger partial charge in [0.2, 0.25) is 5.95 Å². The maximum atomic E-state index is 8.86. The van der Waals surface area contributed by atoms with E-state index in [1.807, 2.05) is 49.4 Å². The highest BCUT2D eigenvalue weighted by Gasteiger charge is 2.05. The van der Waals surface area contributed by atoms with Gasteiger partial charge in [0.05, 0.1) is 18.7 Å². The Labute approximate surface area is 146 Å². The van der Waals surface area contributed by atoms with Gasteiger partial charge in [0.15, 0.2) is 0 Å². The summed E-state index contributed by atoms with van der Waals surface area (Å²) in [6, 6.07) is 18.7. The van der Waals surface area contributed by atoms with E-state index in [1.54, 1.807) is 19.2 Å². The number of nitrogens with one attached hydrogen (secondary N) is 2. The molecule has 0 amide bonds. The molecule has 0 atom stereocenters. The Bertz CT molecular complexity index is 916. The molecule has 0 aliphatic heterocycles. The van der Waals surface area contributed by atoms with Crippen LogP contribution in [0.1, 0.15) is 11.3 Å². The van der Waals surface area contributed by atoms with E-state index in [0.29, 0.717) is 17.3 Å². The van der Waals surface area contributed by atoms with Crippen LogP contribution in [0.3, 0.4) is 0 Å². The highest BCUT2D eigenvalue weighted by atomic mass is 16.5. The molecule has 25 heavy (non-hydrogen) atoms. The Morgan fingerprint density at radius 3 is 2.48 bits per heavy atom. The summed E-state index contributed by atoms with van der Waals surface area (Å²) in [5, 5.41) is 15.3. The fourth-order valence-corrected chi connectivity index (χ4v) is 2.29. The quantitative estimate of drug-likeness (QED) is 0.730. The third-order valence-corrected chi connectivity index (χ3v) is 3.47. The second kappa shape index (κ2) is 7.32. The van der Waals surface area contributed by atoms with E-state index in [0.717, 1.165) is 22.8 Å². The summed E-state index contributed by atoms with van der Waals surface area (Å²) in [6.07, 6.45) is 0. The van der Waals surface area contributed by atoms with Gasteiger partial charge < -0.3 is 15.4 Å². The van der Waals surface area contributed by atoms with Crippen molar-refractivity contribution >= 4 is 23.1 Å². The molecular weight excluding hydrogens is 314 g/mol. The first-order valence-corrected chi connectivity index (χ1v) is 7.70. The van der Waals surface area contributed by atoms with Crippen LogP contribution in [0.2, 0.25) is 0 Å². The number of nitrogens with zero attached hydrogens (tertiary/aromatic N) is 3. The zero-order valence-electron chi connectivity index (χ0n) is 13.9. The van der Waals surface area contributed by atoms with Gasteiger partial charge in [-0.3, -0.25) is 0 Å². The molecule has 2 N–H and O–H groups in total. The van der Waals surface area contributed by atoms with Gasteiger partial charge in [0.25, 0.3) is 0 Å². The molecule has 3 aromatic rings. The number of hydrogen-bond donors (Lipinski definition) is 2. The molecule has 0 saturated heterocycles. The van der Waals surface area contributed by atoms with E-state index in [2.05, 4.69) is 26.7 Å². The van der Waals surface area contributed by atoms with Crippen LogP contribution in [0.4, 0.5) is 23.1 Å². The first-order chi connectivity index (χ1) is 12.2. The molecule has 2 aromatic carbocycles. The number of anilines is 4. The average molecular weight is 331 g/mol. The van der Waals surface area contributed by atoms with E-state index in [4.69, 9.17) is 10.00 Å². The average Bonchev–Trinajstić information content (AvgIpc) is 2.62. The molecule has 0 spiro atoms. The van der Waals surface area contributed by atoms with Crippen LogP contribution in [-0.4, -0.2) is 17.1 Å². The predicted octanol–water partition coefficient (Wildman–Crippen LogP) is 4.15. The van der Waals surface area contributed by atoms with Crippen molar-refractivity contribution in [3.63, 3.8) is 0 Å². The summed E-state index contributed by atoms with van der Waals surface area (Å²) in [6.45, 7) is 1.91. The minimum atomic E-state index is 0.490. The van der Waals surface area contributed by atoms with Gasteiger partial charge in [-0.15, -0.1) is 0 Å². The summed E-state index contributed by atoms with van der Waals surface area (Å²) in [7, 11) is 1.63. The molecule has 1 aromatic heterocycles. The Morgan fingerprint density at radius 1 is 0.960 bits per heavy atom. The molecule has 0 radical (unpaired) electrons. The summed E-state index contributed by atoms with van der Waals surface area (Å²) in [4.78, 5) is 8.89. The minimum Gasteiger partial charge on any atom is -0.497 e. The van der Waals surface area contributed by atoms with Gasteiger partial charge in [-0.25, -0.2) is 4.98 Å². The molecule has 6 nitrogen and oxygen atoms in total. The lowest BCUT2D eigenvalue weighted by Gasteiger charge is -2.10. The Morgan fingerprint density at radius 2 is 1.76 bits per heavy atom. The molecule has 0 fully saturated rings. The molecule has 3 rings (SSSR count). The lowest BCUT2D eigenvalue weighted by molar-refractivity contribution is 0.415. The molecular formula is C19H17N5O. The van der Waals surface area contributed by atoms with E-state index < -0.39 is 0 Å². The third kappa shape index (κ3) is 4.24. The van der Waals surface area contributed by atoms with E-state index in [-0.39, 0.29) is 0 Å². The van der Waals surface area contributed by atoms with Gasteiger partial charge in [0, 0.05) is 29.2 Å². The van der Waals surface area contributed by atoms with Crippen molar-refractivity contribution in [1.82, 2.24) is 9.97 Å². The number of methoxy groups -OCH3 is 1. The fourth-order valence-electron chi connectivity index (χ4n) is 2.29. The van der Waals surface area contributed by atoms with Gasteiger partial charge in [0.1, 0.15) is 11.6 Å². The highest BCUT2D eigenvalue weighted by molar-refractivity contribution is 5.61. The zero-order valence-corrected chi connectivity index (χ0v) is 13.9. The second-order valence-corrected chi connectivity index (χ2v) is 5.39. The Hall–Kier alpha value is -3.59. The number of rotatable bonds is 5. The van der Waals surface area contributed by atoms with Crippen LogP contribution in [-0.2, 0) is 0 Å². The maximum Gasteiger partial charge on any atom is 0.229 e. The normalized spacial score (nSPS) is 9.96. The predicted molar refractivity (Wildman–Crippen MR) is 97.5 cm³/mol. The van der Waals surface area contributed by atoms with Gasteiger partial charge in [-0.05, 0) is 43.3 Å². The lowest BCUT2D eigenvalue weighted by Crippen LogP contribution is -2.02. The Balaban J connectivity index is 1.80. The smallest absolute Gasteiger partial charge is 0.229 e. The first kappa shape index (κ1) is 16.3. The van der Waals surface area contributed by atoms with Crippen molar-refractivity contribution in [3.8, 4) is 11.8 Å². The number of aromatic nitrogens is 2. The number of nitriles is 1. The minimum absolute atomic E-state index is 0.490. The number of ether oxygens (including phenoxy) is 1. The van der Waals surface area contributed by atoms with Crippen LogP contribution in [0.15, 0.2) is 54.6 Å². The highest BCUT2D eigenvalue weighted by Crippen LogP contribution is 2.22. The lowest BCUT2D eigenvalue weighted by atomic mass is 10.2. The fraction of sp³-hybridized carbons (Fsp3) is 0.105. The number of benzene rings is 2. The third-order valence-electron chi connectivity index (χ3n) is 3.47. The standard InChI is InChI=1S/C19H17N5O/c1-13-10-18(22-15-8-6-14(12-20)7-9-15)24-19(21-13)23-16-4-3-5-17(11-16)25-2/h3-11H,1-2H3,(H2,21,22,23,24). The zero-order chi connectivity index (χ0) is 17.6. The Kier molecular flexibility index (Phi) is 4.77. The van der Waals surface area contributed by atoms with Crippen molar-refractivity contribution < 1.29 is 4.74 Å². The van der Waals surface area contributed by atoms with E-state index in [1.165, 1.54) is 0 Å². The monoisotopic (exact) mass is 331 g/mol. The van der Waals surface area contributed by atoms with Crippen molar-refractivity contribution in [2.24, 2.45) is 0 Å². The van der Waals surface area contributed by atoms with E-state index >= 15 is 0 Å². The molecule has 0 aliphatic carbocycles. The SMILES string of the molecule is COc1cccc(Nc2nc(C)cc(Nc3ccc(C#N)cc3)n2)c1. The molecule has 0 saturated carbocycles. The van der Waals surface area contributed by atoms with Crippen LogP contribution in [0.5, 0.6) is 5.75 Å². The van der Waals surface area contributed by atoms with Crippen LogP contribution >= 0.6 is 0 Å². The second-order valence-electron chi connectivity index (χ2n) is 5.39. The molecule has 0 unspecified atom stereocenters. The molecule has 0 aliphatic rings. The van der Waals surface area contributed by atoms with Crippen LogP contribution in [0.25, 0.3) is 0 Å². The van der Waals surface area contributed by atoms with Gasteiger partial charge >= 0.3 is 0 Å². The summed E-state index contributed by atoms with van der Waals surface area (Å²) >= 11 is 0. The van der Waals surface area contributed by atoms with Crippen LogP contribution in [0, 0.1) is 18.3 Å². The van der Waals surface area contributed by atoms with Crippen LogP contribution < -0.4 is 15.4 Å². The number of aryl methyl sites for hydroxylation is 1. The largest absolute Gasteiger partial charge is 0.497 e. The van der Waals surface area contributed by atoms with Gasteiger partial charge in [-0.1, -0.05) is 6.07 Å². The van der Waals surface area contributed by atoms with Crippen molar-refractivity contribution in [3.05, 3.63) is 65.9 Å². The number of hydrogen-bond acceptors (Lipinski definition) is 6. The van der Waals surface area contributed by atoms with Gasteiger partial charge in [-0.2, -0.15) is 10.2 Å². The molecule has 6 heteroatoms. The van der Waals surface area contributed by atoms with Crippen molar-refractivity contribution in [1.29, 1.82) is 5.26 Å². The van der Waals surface area contributed by atoms with Crippen molar-refractivity contribution in [2.75, 3.05) is 17.7 Å². The summed E-state index contributed by atoms with van der Waals surface area (Å²) in [5.41, 5.74) is 3.14. The van der Waals surface area contributed by atoms with E-state index in [9.17, 15) is 0 Å². The maximum absolute atomic E-state index is 8.86. The molecule has 124 valence electrons. The molecule has 1 heterocycles. The topological polar surface area (TPSA) is 82.9 Å². The summed E-state index contributed by atoms with van der Waals surface area (Å²) < 4.78 is 5.22. The summed E-state index contributed by atoms with van der Waals surface area (Å²) in [5.74, 6) is 1.92. The molecule has 0 bridgehead atoms. The first-order valence-electron chi connectivity index (χ1n) is 7.70.